The molecule has 5 nitrogen and oxygen atoms in total. The Morgan fingerprint density at radius 2 is 2.15 bits per heavy atom. The summed E-state index contributed by atoms with van der Waals surface area (Å²) in [7, 11) is -2.23. The molecule has 1 aliphatic rings. The zero-order chi connectivity index (χ0) is 14.3. The molecule has 1 aromatic carbocycles. The fraction of sp³-hybridized carbons (Fsp3) is 0.429. The maximum absolute atomic E-state index is 11.8. The van der Waals surface area contributed by atoms with E-state index in [2.05, 4.69) is 0 Å². The van der Waals surface area contributed by atoms with Crippen LogP contribution >= 0.6 is 0 Å². The number of rotatable bonds is 4. The van der Waals surface area contributed by atoms with Gasteiger partial charge in [0.25, 0.3) is 0 Å². The quantitative estimate of drug-likeness (QED) is 0.938. The molecule has 0 atom stereocenters. The zero-order valence-electron chi connectivity index (χ0n) is 11.4. The summed E-state index contributed by atoms with van der Waals surface area (Å²) in [4.78, 5) is 0.143. The second-order valence-electron chi connectivity index (χ2n) is 5.34. The summed E-state index contributed by atoms with van der Waals surface area (Å²) in [5.41, 5.74) is 0.861. The van der Waals surface area contributed by atoms with Gasteiger partial charge in [0.05, 0.1) is 18.0 Å². The van der Waals surface area contributed by atoms with Crippen molar-refractivity contribution in [3.05, 3.63) is 24.4 Å². The Morgan fingerprint density at radius 3 is 2.70 bits per heavy atom. The number of sulfonamides is 1. The first kappa shape index (κ1) is 13.5. The summed E-state index contributed by atoms with van der Waals surface area (Å²) in [6.45, 7) is 0.833. The van der Waals surface area contributed by atoms with Crippen molar-refractivity contribution in [2.24, 2.45) is 11.1 Å². The maximum atomic E-state index is 11.8. The van der Waals surface area contributed by atoms with Crippen molar-refractivity contribution in [1.82, 2.24) is 4.57 Å². The standard InChI is InChI=1S/C14H18N2O3S/c1-19-12-7-3-6-11-14(12)13(20(15,17)18)9-16(11)8-10-4-2-5-10/h3,6-7,9-10H,2,4-5,8H2,1H3,(H2,15,17,18). The molecule has 0 bridgehead atoms. The number of fused-ring (bicyclic) bond motifs is 1. The van der Waals surface area contributed by atoms with Crippen molar-refractivity contribution in [2.45, 2.75) is 30.7 Å². The molecule has 0 unspecified atom stereocenters. The number of primary sulfonamides is 1. The predicted octanol–water partition coefficient (Wildman–Crippen LogP) is 2.10. The minimum Gasteiger partial charge on any atom is -0.496 e. The van der Waals surface area contributed by atoms with E-state index < -0.39 is 10.0 Å². The van der Waals surface area contributed by atoms with Crippen molar-refractivity contribution < 1.29 is 13.2 Å². The molecule has 108 valence electrons. The Bertz CT molecular complexity index is 745. The van der Waals surface area contributed by atoms with E-state index in [1.54, 1.807) is 12.3 Å². The molecule has 3 rings (SSSR count). The predicted molar refractivity (Wildman–Crippen MR) is 77.2 cm³/mol. The van der Waals surface area contributed by atoms with Gasteiger partial charge in [0.2, 0.25) is 10.0 Å². The molecule has 0 saturated heterocycles. The zero-order valence-corrected chi connectivity index (χ0v) is 12.2. The fourth-order valence-electron chi connectivity index (χ4n) is 2.77. The van der Waals surface area contributed by atoms with E-state index in [1.807, 2.05) is 16.7 Å². The second-order valence-corrected chi connectivity index (χ2v) is 6.87. The third kappa shape index (κ3) is 2.19. The van der Waals surface area contributed by atoms with Gasteiger partial charge >= 0.3 is 0 Å². The van der Waals surface area contributed by atoms with E-state index in [-0.39, 0.29) is 4.90 Å². The SMILES string of the molecule is COc1cccc2c1c(S(N)(=O)=O)cn2CC1CCC1. The van der Waals surface area contributed by atoms with E-state index in [4.69, 9.17) is 9.88 Å². The lowest BCUT2D eigenvalue weighted by molar-refractivity contribution is 0.279. The molecule has 1 saturated carbocycles. The average molecular weight is 294 g/mol. The summed E-state index contributed by atoms with van der Waals surface area (Å²) in [5.74, 6) is 1.17. The lowest BCUT2D eigenvalue weighted by Crippen LogP contribution is -2.17. The van der Waals surface area contributed by atoms with Gasteiger partial charge in [0.1, 0.15) is 10.6 Å². The highest BCUT2D eigenvalue weighted by atomic mass is 32.2. The first-order chi connectivity index (χ1) is 9.50. The lowest BCUT2D eigenvalue weighted by Gasteiger charge is -2.26. The van der Waals surface area contributed by atoms with Gasteiger partial charge in [-0.05, 0) is 30.9 Å². The molecule has 0 amide bonds. The minimum absolute atomic E-state index is 0.143. The van der Waals surface area contributed by atoms with Crippen LogP contribution < -0.4 is 9.88 Å². The number of methoxy groups -OCH3 is 1. The van der Waals surface area contributed by atoms with Gasteiger partial charge in [0.15, 0.2) is 0 Å². The Morgan fingerprint density at radius 1 is 1.40 bits per heavy atom. The Hall–Kier alpha value is -1.53. The van der Waals surface area contributed by atoms with Gasteiger partial charge in [-0.15, -0.1) is 0 Å². The molecule has 6 heteroatoms. The number of hydrogen-bond donors (Lipinski definition) is 1. The summed E-state index contributed by atoms with van der Waals surface area (Å²) in [6.07, 6.45) is 5.30. The summed E-state index contributed by atoms with van der Waals surface area (Å²) in [5, 5.41) is 5.92. The van der Waals surface area contributed by atoms with E-state index in [9.17, 15) is 8.42 Å². The first-order valence-corrected chi connectivity index (χ1v) is 8.24. The Balaban J connectivity index is 2.21. The molecule has 0 radical (unpaired) electrons. The molecule has 0 spiro atoms. The smallest absolute Gasteiger partial charge is 0.240 e. The van der Waals surface area contributed by atoms with Crippen molar-refractivity contribution >= 4 is 20.9 Å². The van der Waals surface area contributed by atoms with Gasteiger partial charge in [-0.1, -0.05) is 12.5 Å². The largest absolute Gasteiger partial charge is 0.496 e. The van der Waals surface area contributed by atoms with Gasteiger partial charge in [-0.2, -0.15) is 0 Å². The highest BCUT2D eigenvalue weighted by molar-refractivity contribution is 7.89. The van der Waals surface area contributed by atoms with Crippen LogP contribution in [0.4, 0.5) is 0 Å². The van der Waals surface area contributed by atoms with Crippen LogP contribution in [0, 0.1) is 5.92 Å². The minimum atomic E-state index is -3.77. The van der Waals surface area contributed by atoms with Gasteiger partial charge in [0, 0.05) is 12.7 Å². The monoisotopic (exact) mass is 294 g/mol. The van der Waals surface area contributed by atoms with Crippen LogP contribution in [0.25, 0.3) is 10.9 Å². The number of aromatic nitrogens is 1. The Kier molecular flexibility index (Phi) is 3.22. The number of hydrogen-bond acceptors (Lipinski definition) is 3. The normalized spacial score (nSPS) is 16.3. The van der Waals surface area contributed by atoms with Crippen molar-refractivity contribution in [3.63, 3.8) is 0 Å². The molecular formula is C14H18N2O3S. The molecule has 1 aliphatic carbocycles. The van der Waals surface area contributed by atoms with Crippen LogP contribution in [-0.2, 0) is 16.6 Å². The van der Waals surface area contributed by atoms with Crippen molar-refractivity contribution in [3.8, 4) is 5.75 Å². The lowest BCUT2D eigenvalue weighted by atomic mass is 9.85. The number of nitrogens with zero attached hydrogens (tertiary/aromatic N) is 1. The van der Waals surface area contributed by atoms with E-state index in [0.717, 1.165) is 12.1 Å². The summed E-state index contributed by atoms with van der Waals surface area (Å²) >= 11 is 0. The molecule has 2 aromatic rings. The van der Waals surface area contributed by atoms with Crippen LogP contribution in [0.15, 0.2) is 29.3 Å². The number of benzene rings is 1. The van der Waals surface area contributed by atoms with Crippen LogP contribution in [-0.4, -0.2) is 20.1 Å². The van der Waals surface area contributed by atoms with Crippen LogP contribution in [0.5, 0.6) is 5.75 Å². The average Bonchev–Trinajstić information content (AvgIpc) is 2.72. The molecule has 1 fully saturated rings. The maximum Gasteiger partial charge on any atom is 0.240 e. The van der Waals surface area contributed by atoms with E-state index in [0.29, 0.717) is 17.1 Å². The van der Waals surface area contributed by atoms with Crippen LogP contribution in [0.1, 0.15) is 19.3 Å². The van der Waals surface area contributed by atoms with Crippen LogP contribution in [0.3, 0.4) is 0 Å². The molecule has 2 N–H and O–H groups in total. The second kappa shape index (κ2) is 4.79. The summed E-state index contributed by atoms with van der Waals surface area (Å²) in [6, 6.07) is 5.53. The molecule has 1 aromatic heterocycles. The van der Waals surface area contributed by atoms with Crippen molar-refractivity contribution in [1.29, 1.82) is 0 Å². The molecule has 20 heavy (non-hydrogen) atoms. The fourth-order valence-corrected chi connectivity index (χ4v) is 3.54. The molecular weight excluding hydrogens is 276 g/mol. The van der Waals surface area contributed by atoms with Gasteiger partial charge in [-0.25, -0.2) is 13.6 Å². The van der Waals surface area contributed by atoms with Gasteiger partial charge < -0.3 is 9.30 Å². The Labute approximate surface area is 118 Å². The molecule has 0 aliphatic heterocycles. The molecule has 1 heterocycles. The van der Waals surface area contributed by atoms with Crippen LogP contribution in [0.2, 0.25) is 0 Å². The summed E-state index contributed by atoms with van der Waals surface area (Å²) < 4.78 is 30.9. The van der Waals surface area contributed by atoms with Gasteiger partial charge in [-0.3, -0.25) is 0 Å². The van der Waals surface area contributed by atoms with E-state index >= 15 is 0 Å². The number of nitrogens with two attached hydrogens (primary N) is 1. The first-order valence-electron chi connectivity index (χ1n) is 6.69. The van der Waals surface area contributed by atoms with Crippen molar-refractivity contribution in [2.75, 3.05) is 7.11 Å². The highest BCUT2D eigenvalue weighted by Gasteiger charge is 2.23. The van der Waals surface area contributed by atoms with E-state index in [1.165, 1.54) is 26.4 Å². The highest BCUT2D eigenvalue weighted by Crippen LogP contribution is 2.35. The third-order valence-electron chi connectivity index (χ3n) is 4.04. The third-order valence-corrected chi connectivity index (χ3v) is 4.96. The number of ether oxygens (including phenoxy) is 1. The topological polar surface area (TPSA) is 74.3 Å².